The Morgan fingerprint density at radius 2 is 1.84 bits per heavy atom. The standard InChI is InChI=1S/C23H18F3N5O/c1-15-2-3-17(8-21(15)18-10-28-13-29-11-18)22(32)30-20-7-16(12-31-5-4-27-14-31)6-19(9-20)23(24,25)26/h2-11,13-14H,12H2,1H3,(H,30,32). The van der Waals surface area contributed by atoms with Crippen molar-refractivity contribution in [3.8, 4) is 11.1 Å². The largest absolute Gasteiger partial charge is 0.416 e. The van der Waals surface area contributed by atoms with Crippen LogP contribution in [0.2, 0.25) is 0 Å². The second-order valence-corrected chi connectivity index (χ2v) is 7.26. The average molecular weight is 437 g/mol. The highest BCUT2D eigenvalue weighted by atomic mass is 19.4. The van der Waals surface area contributed by atoms with Crippen molar-refractivity contribution in [2.75, 3.05) is 5.32 Å². The van der Waals surface area contributed by atoms with Gasteiger partial charge in [0.05, 0.1) is 11.9 Å². The van der Waals surface area contributed by atoms with Crippen LogP contribution in [0.5, 0.6) is 0 Å². The zero-order chi connectivity index (χ0) is 22.7. The lowest BCUT2D eigenvalue weighted by Gasteiger charge is -2.14. The molecule has 6 nitrogen and oxygen atoms in total. The molecule has 2 aromatic heterocycles. The Hall–Kier alpha value is -4.01. The number of amides is 1. The van der Waals surface area contributed by atoms with E-state index in [0.717, 1.165) is 28.8 Å². The predicted octanol–water partition coefficient (Wildman–Crippen LogP) is 4.97. The average Bonchev–Trinajstić information content (AvgIpc) is 3.27. The number of rotatable bonds is 5. The number of imidazole rings is 1. The molecule has 162 valence electrons. The highest BCUT2D eigenvalue weighted by Gasteiger charge is 2.31. The number of hydrogen-bond acceptors (Lipinski definition) is 4. The minimum absolute atomic E-state index is 0.0603. The number of anilines is 1. The van der Waals surface area contributed by atoms with Crippen molar-refractivity contribution in [3.05, 3.63) is 96.1 Å². The van der Waals surface area contributed by atoms with Crippen molar-refractivity contribution < 1.29 is 18.0 Å². The Balaban J connectivity index is 1.64. The molecule has 1 amide bonds. The number of nitrogens with one attached hydrogen (secondary N) is 1. The summed E-state index contributed by atoms with van der Waals surface area (Å²) in [7, 11) is 0. The Morgan fingerprint density at radius 1 is 1.06 bits per heavy atom. The minimum Gasteiger partial charge on any atom is -0.333 e. The van der Waals surface area contributed by atoms with Crippen LogP contribution in [-0.4, -0.2) is 25.4 Å². The lowest BCUT2D eigenvalue weighted by atomic mass is 10.00. The number of aromatic nitrogens is 4. The molecule has 0 radical (unpaired) electrons. The molecule has 0 spiro atoms. The lowest BCUT2D eigenvalue weighted by molar-refractivity contribution is -0.137. The maximum Gasteiger partial charge on any atom is 0.416 e. The van der Waals surface area contributed by atoms with Gasteiger partial charge >= 0.3 is 6.18 Å². The molecule has 2 aromatic carbocycles. The molecular weight excluding hydrogens is 419 g/mol. The third-order valence-electron chi connectivity index (χ3n) is 4.87. The van der Waals surface area contributed by atoms with Crippen LogP contribution in [0, 0.1) is 6.92 Å². The van der Waals surface area contributed by atoms with E-state index in [2.05, 4.69) is 20.3 Å². The third-order valence-corrected chi connectivity index (χ3v) is 4.87. The topological polar surface area (TPSA) is 72.7 Å². The fourth-order valence-corrected chi connectivity index (χ4v) is 3.33. The number of nitrogens with zero attached hydrogens (tertiary/aromatic N) is 4. The van der Waals surface area contributed by atoms with Gasteiger partial charge in [0.1, 0.15) is 6.33 Å². The van der Waals surface area contributed by atoms with E-state index in [0.29, 0.717) is 11.1 Å². The molecule has 0 saturated heterocycles. The number of carbonyl (C=O) groups is 1. The van der Waals surface area contributed by atoms with Crippen LogP contribution >= 0.6 is 0 Å². The number of halogens is 3. The maximum atomic E-state index is 13.4. The van der Waals surface area contributed by atoms with E-state index in [9.17, 15) is 18.0 Å². The van der Waals surface area contributed by atoms with Crippen molar-refractivity contribution >= 4 is 11.6 Å². The van der Waals surface area contributed by atoms with Crippen LogP contribution in [-0.2, 0) is 12.7 Å². The van der Waals surface area contributed by atoms with Crippen LogP contribution < -0.4 is 5.32 Å². The van der Waals surface area contributed by atoms with Crippen molar-refractivity contribution in [1.29, 1.82) is 0 Å². The molecule has 2 heterocycles. The fourth-order valence-electron chi connectivity index (χ4n) is 3.33. The first-order valence-corrected chi connectivity index (χ1v) is 9.64. The highest BCUT2D eigenvalue weighted by Crippen LogP contribution is 2.32. The summed E-state index contributed by atoms with van der Waals surface area (Å²) in [4.78, 5) is 24.7. The van der Waals surface area contributed by atoms with Crippen molar-refractivity contribution in [2.24, 2.45) is 0 Å². The molecule has 32 heavy (non-hydrogen) atoms. The van der Waals surface area contributed by atoms with E-state index in [-0.39, 0.29) is 12.2 Å². The van der Waals surface area contributed by atoms with Crippen LogP contribution in [0.3, 0.4) is 0 Å². The summed E-state index contributed by atoms with van der Waals surface area (Å²) in [5.74, 6) is -0.518. The number of benzene rings is 2. The summed E-state index contributed by atoms with van der Waals surface area (Å²) in [6, 6.07) is 8.58. The summed E-state index contributed by atoms with van der Waals surface area (Å²) >= 11 is 0. The van der Waals surface area contributed by atoms with E-state index in [1.165, 1.54) is 18.7 Å². The molecule has 0 aliphatic carbocycles. The summed E-state index contributed by atoms with van der Waals surface area (Å²) in [5, 5.41) is 2.59. The van der Waals surface area contributed by atoms with E-state index in [4.69, 9.17) is 0 Å². The molecule has 1 N–H and O–H groups in total. The molecule has 4 aromatic rings. The molecule has 0 unspecified atom stereocenters. The second-order valence-electron chi connectivity index (χ2n) is 7.26. The Bertz CT molecular complexity index is 1240. The first-order valence-electron chi connectivity index (χ1n) is 9.64. The van der Waals surface area contributed by atoms with Gasteiger partial charge in [-0.2, -0.15) is 13.2 Å². The maximum absolute atomic E-state index is 13.4. The van der Waals surface area contributed by atoms with Gasteiger partial charge in [0, 0.05) is 48.1 Å². The Morgan fingerprint density at radius 3 is 2.53 bits per heavy atom. The summed E-state index contributed by atoms with van der Waals surface area (Å²) < 4.78 is 41.9. The van der Waals surface area contributed by atoms with Gasteiger partial charge < -0.3 is 9.88 Å². The molecular formula is C23H18F3N5O. The summed E-state index contributed by atoms with van der Waals surface area (Å²) in [6.07, 6.45) is 4.83. The molecule has 4 rings (SSSR count). The number of aryl methyl sites for hydroxylation is 1. The SMILES string of the molecule is Cc1ccc(C(=O)Nc2cc(Cn3ccnc3)cc(C(F)(F)F)c2)cc1-c1cncnc1. The first-order chi connectivity index (χ1) is 15.3. The van der Waals surface area contributed by atoms with Crippen LogP contribution in [0.4, 0.5) is 18.9 Å². The quantitative estimate of drug-likeness (QED) is 0.479. The zero-order valence-corrected chi connectivity index (χ0v) is 17.0. The lowest BCUT2D eigenvalue weighted by Crippen LogP contribution is -2.14. The van der Waals surface area contributed by atoms with Crippen LogP contribution in [0.15, 0.2) is 73.8 Å². The first kappa shape index (κ1) is 21.2. The van der Waals surface area contributed by atoms with Gasteiger partial charge in [0.25, 0.3) is 5.91 Å². The zero-order valence-electron chi connectivity index (χ0n) is 17.0. The van der Waals surface area contributed by atoms with Gasteiger partial charge in [-0.3, -0.25) is 4.79 Å². The molecule has 9 heteroatoms. The molecule has 0 fully saturated rings. The fraction of sp³-hybridized carbons (Fsp3) is 0.130. The van der Waals surface area contributed by atoms with Gasteiger partial charge in [0.2, 0.25) is 0 Å². The van der Waals surface area contributed by atoms with Gasteiger partial charge in [-0.15, -0.1) is 0 Å². The smallest absolute Gasteiger partial charge is 0.333 e. The predicted molar refractivity (Wildman–Crippen MR) is 113 cm³/mol. The van der Waals surface area contributed by atoms with E-state index < -0.39 is 17.6 Å². The van der Waals surface area contributed by atoms with Crippen LogP contribution in [0.1, 0.15) is 27.0 Å². The van der Waals surface area contributed by atoms with E-state index in [1.807, 2.05) is 6.92 Å². The highest BCUT2D eigenvalue weighted by molar-refractivity contribution is 6.05. The second kappa shape index (κ2) is 8.62. The monoisotopic (exact) mass is 437 g/mol. The normalized spacial score (nSPS) is 11.4. The van der Waals surface area contributed by atoms with Gasteiger partial charge in [-0.1, -0.05) is 6.07 Å². The summed E-state index contributed by atoms with van der Waals surface area (Å²) in [5.41, 5.74) is 2.34. The molecule has 0 bridgehead atoms. The Kier molecular flexibility index (Phi) is 5.72. The Labute approximate surface area is 181 Å². The molecule has 0 aliphatic rings. The van der Waals surface area contributed by atoms with Gasteiger partial charge in [-0.05, 0) is 53.9 Å². The molecule has 0 saturated carbocycles. The molecule has 0 atom stereocenters. The number of alkyl halides is 3. The van der Waals surface area contributed by atoms with Crippen molar-refractivity contribution in [3.63, 3.8) is 0 Å². The van der Waals surface area contributed by atoms with E-state index >= 15 is 0 Å². The van der Waals surface area contributed by atoms with Crippen molar-refractivity contribution in [2.45, 2.75) is 19.6 Å². The van der Waals surface area contributed by atoms with Crippen LogP contribution in [0.25, 0.3) is 11.1 Å². The third kappa shape index (κ3) is 4.83. The van der Waals surface area contributed by atoms with Gasteiger partial charge in [-0.25, -0.2) is 15.0 Å². The van der Waals surface area contributed by atoms with E-state index in [1.54, 1.807) is 47.6 Å². The number of carbonyl (C=O) groups excluding carboxylic acids is 1. The minimum atomic E-state index is -4.55. The summed E-state index contributed by atoms with van der Waals surface area (Å²) in [6.45, 7) is 2.08. The van der Waals surface area contributed by atoms with Crippen molar-refractivity contribution in [1.82, 2.24) is 19.5 Å². The van der Waals surface area contributed by atoms with Gasteiger partial charge in [0.15, 0.2) is 0 Å². The molecule has 0 aliphatic heterocycles. The number of hydrogen-bond donors (Lipinski definition) is 1.